The third-order valence-electron chi connectivity index (χ3n) is 4.14. The number of nitrogens with one attached hydrogen (secondary N) is 1. The van der Waals surface area contributed by atoms with Crippen molar-refractivity contribution in [2.75, 3.05) is 5.32 Å². The van der Waals surface area contributed by atoms with E-state index in [0.717, 1.165) is 28.6 Å². The van der Waals surface area contributed by atoms with Gasteiger partial charge in [0.25, 0.3) is 5.91 Å². The van der Waals surface area contributed by atoms with E-state index in [1.54, 1.807) is 11.3 Å². The number of hydrogen-bond donors (Lipinski definition) is 1. The third kappa shape index (κ3) is 2.74. The molecular formula is C15H17N3OS2. The van der Waals surface area contributed by atoms with Gasteiger partial charge in [0.1, 0.15) is 5.01 Å². The van der Waals surface area contributed by atoms with Crippen LogP contribution in [0.3, 0.4) is 0 Å². The molecule has 1 N–H and O–H groups in total. The van der Waals surface area contributed by atoms with Crippen LogP contribution in [0.25, 0.3) is 0 Å². The molecular weight excluding hydrogens is 302 g/mol. The van der Waals surface area contributed by atoms with Gasteiger partial charge in [0.2, 0.25) is 5.13 Å². The van der Waals surface area contributed by atoms with Crippen molar-refractivity contribution >= 4 is 33.7 Å². The number of thiophene rings is 1. The van der Waals surface area contributed by atoms with E-state index in [9.17, 15) is 4.79 Å². The molecule has 0 spiro atoms. The summed E-state index contributed by atoms with van der Waals surface area (Å²) in [5.74, 6) is 1.27. The van der Waals surface area contributed by atoms with Crippen molar-refractivity contribution in [1.82, 2.24) is 10.2 Å². The summed E-state index contributed by atoms with van der Waals surface area (Å²) in [4.78, 5) is 14.5. The minimum absolute atomic E-state index is 0.0412. The number of carbonyl (C=O) groups is 1. The Morgan fingerprint density at radius 3 is 2.95 bits per heavy atom. The lowest BCUT2D eigenvalue weighted by molar-refractivity contribution is 0.103. The van der Waals surface area contributed by atoms with E-state index in [1.165, 1.54) is 41.0 Å². The first kappa shape index (κ1) is 13.4. The summed E-state index contributed by atoms with van der Waals surface area (Å²) in [7, 11) is 0. The van der Waals surface area contributed by atoms with Crippen LogP contribution < -0.4 is 5.32 Å². The molecule has 0 bridgehead atoms. The lowest BCUT2D eigenvalue weighted by atomic mass is 9.90. The zero-order valence-corrected chi connectivity index (χ0v) is 13.5. The molecule has 2 heterocycles. The Kier molecular flexibility index (Phi) is 3.30. The van der Waals surface area contributed by atoms with Crippen molar-refractivity contribution in [1.29, 1.82) is 0 Å². The summed E-state index contributed by atoms with van der Waals surface area (Å²) in [6, 6.07) is 2.06. The predicted octanol–water partition coefficient (Wildman–Crippen LogP) is 3.85. The summed E-state index contributed by atoms with van der Waals surface area (Å²) in [5, 5.41) is 12.8. The van der Waals surface area contributed by atoms with Crippen LogP contribution in [-0.4, -0.2) is 16.1 Å². The highest BCUT2D eigenvalue weighted by Gasteiger charge is 2.28. The van der Waals surface area contributed by atoms with Crippen molar-refractivity contribution < 1.29 is 4.79 Å². The van der Waals surface area contributed by atoms with Gasteiger partial charge in [0.15, 0.2) is 0 Å². The average molecular weight is 319 g/mol. The largest absolute Gasteiger partial charge is 0.296 e. The summed E-state index contributed by atoms with van der Waals surface area (Å²) in [6.07, 6.45) is 5.86. The molecule has 2 aromatic rings. The molecule has 4 nitrogen and oxygen atoms in total. The van der Waals surface area contributed by atoms with Crippen LogP contribution in [0.2, 0.25) is 0 Å². The monoisotopic (exact) mass is 319 g/mol. The molecule has 0 aromatic carbocycles. The highest BCUT2D eigenvalue weighted by Crippen LogP contribution is 2.42. The Labute approximate surface area is 131 Å². The minimum Gasteiger partial charge on any atom is -0.296 e. The summed E-state index contributed by atoms with van der Waals surface area (Å²) >= 11 is 3.15. The molecule has 0 saturated heterocycles. The van der Waals surface area contributed by atoms with Crippen LogP contribution in [0.5, 0.6) is 0 Å². The van der Waals surface area contributed by atoms with Crippen LogP contribution in [0, 0.1) is 5.92 Å². The summed E-state index contributed by atoms with van der Waals surface area (Å²) in [5.41, 5.74) is 1.36. The number of aromatic nitrogens is 2. The highest BCUT2D eigenvalue weighted by atomic mass is 32.1. The number of carbonyl (C=O) groups excluding carboxylic acids is 1. The predicted molar refractivity (Wildman–Crippen MR) is 85.3 cm³/mol. The van der Waals surface area contributed by atoms with Gasteiger partial charge in [-0.1, -0.05) is 18.3 Å². The molecule has 0 aliphatic heterocycles. The van der Waals surface area contributed by atoms with Crippen LogP contribution >= 0.6 is 22.7 Å². The maximum Gasteiger partial charge on any atom is 0.267 e. The van der Waals surface area contributed by atoms with Crippen molar-refractivity contribution in [2.45, 2.75) is 44.9 Å². The number of fused-ring (bicyclic) bond motifs is 1. The lowest BCUT2D eigenvalue weighted by Gasteiger charge is -2.16. The van der Waals surface area contributed by atoms with Crippen molar-refractivity contribution in [3.05, 3.63) is 26.4 Å². The molecule has 1 atom stereocenters. The number of anilines is 1. The molecule has 0 radical (unpaired) electrons. The quantitative estimate of drug-likeness (QED) is 0.935. The van der Waals surface area contributed by atoms with E-state index in [0.29, 0.717) is 11.0 Å². The first-order valence-electron chi connectivity index (χ1n) is 7.45. The second kappa shape index (κ2) is 5.18. The Hall–Kier alpha value is -1.27. The van der Waals surface area contributed by atoms with Crippen molar-refractivity contribution in [2.24, 2.45) is 5.92 Å². The van der Waals surface area contributed by atoms with Gasteiger partial charge in [-0.15, -0.1) is 21.5 Å². The van der Waals surface area contributed by atoms with Gasteiger partial charge in [-0.3, -0.25) is 10.1 Å². The van der Waals surface area contributed by atoms with Crippen LogP contribution in [-0.2, 0) is 12.8 Å². The third-order valence-corrected chi connectivity index (χ3v) is 6.38. The molecule has 1 saturated carbocycles. The molecule has 4 rings (SSSR count). The molecule has 1 unspecified atom stereocenters. The highest BCUT2D eigenvalue weighted by molar-refractivity contribution is 7.16. The normalized spacial score (nSPS) is 21.1. The second-order valence-electron chi connectivity index (χ2n) is 6.08. The van der Waals surface area contributed by atoms with Crippen LogP contribution in [0.4, 0.5) is 5.13 Å². The van der Waals surface area contributed by atoms with Gasteiger partial charge in [-0.25, -0.2) is 0 Å². The van der Waals surface area contributed by atoms with Crippen molar-refractivity contribution in [3.63, 3.8) is 0 Å². The van der Waals surface area contributed by atoms with Gasteiger partial charge < -0.3 is 0 Å². The molecule has 2 aliphatic rings. The zero-order valence-electron chi connectivity index (χ0n) is 11.9. The van der Waals surface area contributed by atoms with Gasteiger partial charge >= 0.3 is 0 Å². The standard InChI is InChI=1S/C15H17N3OS2/c1-8-2-5-11-10(6-8)7-12(20-11)13(19)16-15-18-17-14(21-15)9-3-4-9/h7-9H,2-6H2,1H3,(H,16,18,19). The van der Waals surface area contributed by atoms with E-state index in [4.69, 9.17) is 0 Å². The van der Waals surface area contributed by atoms with Gasteiger partial charge in [0.05, 0.1) is 4.88 Å². The van der Waals surface area contributed by atoms with Gasteiger partial charge in [-0.2, -0.15) is 0 Å². The van der Waals surface area contributed by atoms with E-state index < -0.39 is 0 Å². The Morgan fingerprint density at radius 1 is 1.29 bits per heavy atom. The fourth-order valence-electron chi connectivity index (χ4n) is 2.76. The molecule has 21 heavy (non-hydrogen) atoms. The summed E-state index contributed by atoms with van der Waals surface area (Å²) < 4.78 is 0. The van der Waals surface area contributed by atoms with Crippen LogP contribution in [0.1, 0.15) is 57.2 Å². The maximum absolute atomic E-state index is 12.3. The lowest BCUT2D eigenvalue weighted by Crippen LogP contribution is -2.10. The number of amides is 1. The number of rotatable bonds is 3. The number of aryl methyl sites for hydroxylation is 1. The van der Waals surface area contributed by atoms with E-state index >= 15 is 0 Å². The topological polar surface area (TPSA) is 54.9 Å². The van der Waals surface area contributed by atoms with Gasteiger partial charge in [-0.05, 0) is 49.7 Å². The zero-order chi connectivity index (χ0) is 14.4. The smallest absolute Gasteiger partial charge is 0.267 e. The van der Waals surface area contributed by atoms with E-state index in [2.05, 4.69) is 28.5 Å². The fraction of sp³-hybridized carbons (Fsp3) is 0.533. The molecule has 2 aromatic heterocycles. The van der Waals surface area contributed by atoms with E-state index in [-0.39, 0.29) is 5.91 Å². The first-order valence-corrected chi connectivity index (χ1v) is 9.08. The minimum atomic E-state index is -0.0412. The number of nitrogens with zero attached hydrogens (tertiary/aromatic N) is 2. The first-order chi connectivity index (χ1) is 10.2. The molecule has 2 aliphatic carbocycles. The molecule has 6 heteroatoms. The molecule has 110 valence electrons. The van der Waals surface area contributed by atoms with E-state index in [1.807, 2.05) is 0 Å². The Balaban J connectivity index is 1.49. The SMILES string of the molecule is CC1CCc2sc(C(=O)Nc3nnc(C4CC4)s3)cc2C1. The van der Waals surface area contributed by atoms with Crippen LogP contribution in [0.15, 0.2) is 6.07 Å². The number of hydrogen-bond acceptors (Lipinski definition) is 5. The Morgan fingerprint density at radius 2 is 2.14 bits per heavy atom. The average Bonchev–Trinajstić information content (AvgIpc) is 3.06. The van der Waals surface area contributed by atoms with Gasteiger partial charge in [0, 0.05) is 10.8 Å². The maximum atomic E-state index is 12.3. The Bertz CT molecular complexity index is 687. The molecule has 1 fully saturated rings. The fourth-order valence-corrected chi connectivity index (χ4v) is 4.77. The second-order valence-corrected chi connectivity index (χ2v) is 8.23. The summed E-state index contributed by atoms with van der Waals surface area (Å²) in [6.45, 7) is 2.28. The van der Waals surface area contributed by atoms with Crippen molar-refractivity contribution in [3.8, 4) is 0 Å². The molecule has 1 amide bonds.